The number of esters is 1. The fourth-order valence-corrected chi connectivity index (χ4v) is 1.66. The van der Waals surface area contributed by atoms with Crippen molar-refractivity contribution in [3.8, 4) is 0 Å². The highest BCUT2D eigenvalue weighted by Gasteiger charge is 2.30. The second-order valence-corrected chi connectivity index (χ2v) is 6.00. The molecule has 1 unspecified atom stereocenters. The molecule has 0 radical (unpaired) electrons. The molecule has 1 amide bonds. The third-order valence-corrected chi connectivity index (χ3v) is 2.62. The number of carbonyl (C=O) groups is 2. The number of alkyl carbamates (subject to hydrolysis) is 1. The van der Waals surface area contributed by atoms with Crippen molar-refractivity contribution in [3.05, 3.63) is 0 Å². The van der Waals surface area contributed by atoms with E-state index in [4.69, 9.17) is 4.74 Å². The zero-order chi connectivity index (χ0) is 18.1. The lowest BCUT2D eigenvalue weighted by atomic mass is 10.1. The van der Waals surface area contributed by atoms with Gasteiger partial charge in [0, 0.05) is 6.54 Å². The number of rotatable bonds is 8. The third kappa shape index (κ3) is 12.7. The largest absolute Gasteiger partial charge is 0.468 e. The lowest BCUT2D eigenvalue weighted by molar-refractivity contribution is -0.146. The van der Waals surface area contributed by atoms with Crippen LogP contribution in [0.3, 0.4) is 0 Å². The van der Waals surface area contributed by atoms with Crippen LogP contribution >= 0.6 is 0 Å². The van der Waals surface area contributed by atoms with E-state index in [1.54, 1.807) is 20.8 Å². The van der Waals surface area contributed by atoms with E-state index in [1.165, 1.54) is 0 Å². The second-order valence-electron chi connectivity index (χ2n) is 6.00. The summed E-state index contributed by atoms with van der Waals surface area (Å²) in [5, 5.41) is 4.66. The fraction of sp³-hybridized carbons (Fsp3) is 0.857. The van der Waals surface area contributed by atoms with Crippen LogP contribution in [0.25, 0.3) is 0 Å². The van der Waals surface area contributed by atoms with E-state index < -0.39 is 36.4 Å². The molecule has 9 heteroatoms. The Labute approximate surface area is 134 Å². The van der Waals surface area contributed by atoms with Crippen LogP contribution < -0.4 is 10.6 Å². The minimum absolute atomic E-state index is 0.179. The molecule has 0 aliphatic carbocycles. The Morgan fingerprint density at radius 1 is 1.13 bits per heavy atom. The maximum atomic E-state index is 12.2. The van der Waals surface area contributed by atoms with Crippen LogP contribution in [0.15, 0.2) is 0 Å². The van der Waals surface area contributed by atoms with E-state index in [0.717, 1.165) is 7.11 Å². The molecule has 23 heavy (non-hydrogen) atoms. The summed E-state index contributed by atoms with van der Waals surface area (Å²) in [6, 6.07) is -1.02. The Morgan fingerprint density at radius 2 is 1.74 bits per heavy atom. The minimum Gasteiger partial charge on any atom is -0.468 e. The van der Waals surface area contributed by atoms with Crippen molar-refractivity contribution < 1.29 is 32.2 Å². The molecule has 0 aromatic heterocycles. The first-order valence-corrected chi connectivity index (χ1v) is 7.29. The van der Waals surface area contributed by atoms with Gasteiger partial charge in [-0.15, -0.1) is 0 Å². The summed E-state index contributed by atoms with van der Waals surface area (Å²) in [4.78, 5) is 22.8. The first kappa shape index (κ1) is 21.5. The number of nitrogens with one attached hydrogen (secondary N) is 2. The van der Waals surface area contributed by atoms with E-state index in [1.807, 2.05) is 0 Å². The molecule has 0 aliphatic heterocycles. The van der Waals surface area contributed by atoms with Gasteiger partial charge in [-0.05, 0) is 40.0 Å². The molecule has 0 fully saturated rings. The van der Waals surface area contributed by atoms with Crippen molar-refractivity contribution in [1.82, 2.24) is 10.6 Å². The van der Waals surface area contributed by atoms with Gasteiger partial charge in [0.05, 0.1) is 13.7 Å². The molecule has 2 N–H and O–H groups in total. The number of unbranched alkanes of at least 4 members (excludes halogenated alkanes) is 1. The van der Waals surface area contributed by atoms with Crippen LogP contribution in [-0.4, -0.2) is 50.1 Å². The SMILES string of the molecule is COC(=O)C(CCCCNC(=O)OC(C)(C)C)NCC(F)(F)F. The van der Waals surface area contributed by atoms with Crippen molar-refractivity contribution >= 4 is 12.1 Å². The minimum atomic E-state index is -4.40. The topological polar surface area (TPSA) is 76.7 Å². The smallest absolute Gasteiger partial charge is 0.407 e. The highest BCUT2D eigenvalue weighted by atomic mass is 19.4. The number of hydrogen-bond donors (Lipinski definition) is 2. The van der Waals surface area contributed by atoms with Gasteiger partial charge in [0.15, 0.2) is 0 Å². The summed E-state index contributed by atoms with van der Waals surface area (Å²) in [5.74, 6) is -0.741. The van der Waals surface area contributed by atoms with Gasteiger partial charge in [-0.1, -0.05) is 0 Å². The molecule has 0 heterocycles. The van der Waals surface area contributed by atoms with E-state index in [-0.39, 0.29) is 6.42 Å². The van der Waals surface area contributed by atoms with Crippen LogP contribution in [0.1, 0.15) is 40.0 Å². The number of alkyl halides is 3. The molecule has 0 rings (SSSR count). The number of methoxy groups -OCH3 is 1. The van der Waals surface area contributed by atoms with Crippen molar-refractivity contribution in [2.45, 2.75) is 57.9 Å². The number of carbonyl (C=O) groups excluding carboxylic acids is 2. The average molecular weight is 342 g/mol. The molecule has 0 saturated heterocycles. The van der Waals surface area contributed by atoms with Crippen LogP contribution in [0.2, 0.25) is 0 Å². The lowest BCUT2D eigenvalue weighted by Gasteiger charge is -2.20. The molecule has 136 valence electrons. The van der Waals surface area contributed by atoms with Gasteiger partial charge in [-0.3, -0.25) is 10.1 Å². The van der Waals surface area contributed by atoms with Gasteiger partial charge in [-0.25, -0.2) is 4.79 Å². The number of ether oxygens (including phenoxy) is 2. The summed E-state index contributed by atoms with van der Waals surface area (Å²) < 4.78 is 46.0. The van der Waals surface area contributed by atoms with Crippen molar-refractivity contribution in [2.75, 3.05) is 20.2 Å². The van der Waals surface area contributed by atoms with Crippen LogP contribution in [0.4, 0.5) is 18.0 Å². The summed E-state index contributed by atoms with van der Waals surface area (Å²) in [5.41, 5.74) is -0.596. The zero-order valence-corrected chi connectivity index (χ0v) is 13.9. The number of halogens is 3. The van der Waals surface area contributed by atoms with Crippen LogP contribution in [0.5, 0.6) is 0 Å². The standard InChI is InChI=1S/C14H25F3N2O4/c1-13(2,3)23-12(21)18-8-6-5-7-10(11(20)22-4)19-9-14(15,16)17/h10,19H,5-9H2,1-4H3,(H,18,21). The van der Waals surface area contributed by atoms with E-state index in [9.17, 15) is 22.8 Å². The first-order valence-electron chi connectivity index (χ1n) is 7.29. The predicted molar refractivity (Wildman–Crippen MR) is 77.9 cm³/mol. The van der Waals surface area contributed by atoms with Gasteiger partial charge in [0.1, 0.15) is 11.6 Å². The zero-order valence-electron chi connectivity index (χ0n) is 13.9. The Morgan fingerprint density at radius 3 is 2.22 bits per heavy atom. The van der Waals surface area contributed by atoms with Crippen molar-refractivity contribution in [1.29, 1.82) is 0 Å². The Hall–Kier alpha value is -1.51. The Kier molecular flexibility index (Phi) is 8.96. The number of hydrogen-bond acceptors (Lipinski definition) is 5. The molecule has 0 aliphatic rings. The summed E-state index contributed by atoms with van der Waals surface area (Å²) >= 11 is 0. The maximum Gasteiger partial charge on any atom is 0.407 e. The second kappa shape index (κ2) is 9.59. The molecular formula is C14H25F3N2O4. The molecule has 6 nitrogen and oxygen atoms in total. The molecule has 0 aromatic rings. The van der Waals surface area contributed by atoms with E-state index in [2.05, 4.69) is 15.4 Å². The molecule has 0 aromatic carbocycles. The summed E-state index contributed by atoms with van der Waals surface area (Å²) in [6.07, 6.45) is -3.83. The van der Waals surface area contributed by atoms with Gasteiger partial charge in [0.2, 0.25) is 0 Å². The monoisotopic (exact) mass is 342 g/mol. The summed E-state index contributed by atoms with van der Waals surface area (Å²) in [7, 11) is 1.12. The summed E-state index contributed by atoms with van der Waals surface area (Å²) in [6.45, 7) is 4.25. The molecule has 0 saturated carbocycles. The molecule has 1 atom stereocenters. The molecule has 0 spiro atoms. The van der Waals surface area contributed by atoms with Crippen LogP contribution in [0, 0.1) is 0 Å². The maximum absolute atomic E-state index is 12.2. The first-order chi connectivity index (χ1) is 10.4. The van der Waals surface area contributed by atoms with E-state index in [0.29, 0.717) is 19.4 Å². The van der Waals surface area contributed by atoms with Gasteiger partial charge in [0.25, 0.3) is 0 Å². The highest BCUT2D eigenvalue weighted by molar-refractivity contribution is 5.75. The number of amides is 1. The van der Waals surface area contributed by atoms with Gasteiger partial charge in [-0.2, -0.15) is 13.2 Å². The predicted octanol–water partition coefficient (Wildman–Crippen LogP) is 2.37. The third-order valence-electron chi connectivity index (χ3n) is 2.62. The Bertz CT molecular complexity index is 381. The van der Waals surface area contributed by atoms with E-state index >= 15 is 0 Å². The lowest BCUT2D eigenvalue weighted by Crippen LogP contribution is -2.42. The highest BCUT2D eigenvalue weighted by Crippen LogP contribution is 2.14. The van der Waals surface area contributed by atoms with Gasteiger partial charge < -0.3 is 14.8 Å². The molecule has 0 bridgehead atoms. The quantitative estimate of drug-likeness (QED) is 0.523. The normalized spacial score (nSPS) is 13.3. The average Bonchev–Trinajstić information content (AvgIpc) is 2.37. The molecular weight excluding hydrogens is 317 g/mol. The Balaban J connectivity index is 4.04. The fourth-order valence-electron chi connectivity index (χ4n) is 1.66. The van der Waals surface area contributed by atoms with Crippen LogP contribution in [-0.2, 0) is 14.3 Å². The van der Waals surface area contributed by atoms with Gasteiger partial charge >= 0.3 is 18.2 Å². The van der Waals surface area contributed by atoms with Crippen molar-refractivity contribution in [3.63, 3.8) is 0 Å². The van der Waals surface area contributed by atoms with Crippen molar-refractivity contribution in [2.24, 2.45) is 0 Å².